The molecule has 1 aliphatic heterocycles. The normalized spacial score (nSPS) is 16.3. The molecule has 7 heteroatoms. The van der Waals surface area contributed by atoms with Crippen LogP contribution in [0.3, 0.4) is 0 Å². The highest BCUT2D eigenvalue weighted by Gasteiger charge is 2.28. The molecule has 1 fully saturated rings. The van der Waals surface area contributed by atoms with Gasteiger partial charge in [-0.3, -0.25) is 19.8 Å². The lowest BCUT2D eigenvalue weighted by atomic mass is 9.89. The van der Waals surface area contributed by atoms with Crippen LogP contribution in [-0.4, -0.2) is 51.3 Å². The molecule has 3 heterocycles. The van der Waals surface area contributed by atoms with Crippen LogP contribution in [0, 0.1) is 6.92 Å². The van der Waals surface area contributed by atoms with Crippen molar-refractivity contribution in [3.63, 3.8) is 0 Å². The standard InChI is InChI=1S/C29H35N5O2/c1-17(2)20-8-9-25-23(14-31-33-25)27(20)28-21-7-6-19(13-26(30)35)12-22(21)24(18(3)32-28)15-34-10-11-36-29(4,5)16-34/h6-9,12,14,17H,10-11,13,15-16H2,1-5H3,(H2,30,35)(H,31,33). The van der Waals surface area contributed by atoms with Crippen LogP contribution >= 0.6 is 0 Å². The number of hydrogen-bond donors (Lipinski definition) is 2. The Morgan fingerprint density at radius 1 is 1.19 bits per heavy atom. The van der Waals surface area contributed by atoms with Crippen LogP contribution in [0.2, 0.25) is 0 Å². The monoisotopic (exact) mass is 485 g/mol. The summed E-state index contributed by atoms with van der Waals surface area (Å²) < 4.78 is 5.94. The Balaban J connectivity index is 1.74. The van der Waals surface area contributed by atoms with Crippen molar-refractivity contribution < 1.29 is 9.53 Å². The highest BCUT2D eigenvalue weighted by atomic mass is 16.5. The first-order valence-corrected chi connectivity index (χ1v) is 12.7. The predicted molar refractivity (Wildman–Crippen MR) is 144 cm³/mol. The number of primary amides is 1. The number of carbonyl (C=O) groups excluding carboxylic acids is 1. The molecular formula is C29H35N5O2. The van der Waals surface area contributed by atoms with Crippen LogP contribution in [0.4, 0.5) is 0 Å². The van der Waals surface area contributed by atoms with E-state index in [0.29, 0.717) is 12.5 Å². The highest BCUT2D eigenvalue weighted by Crippen LogP contribution is 2.40. The molecule has 36 heavy (non-hydrogen) atoms. The van der Waals surface area contributed by atoms with Crippen LogP contribution in [0.5, 0.6) is 0 Å². The van der Waals surface area contributed by atoms with Crippen LogP contribution in [-0.2, 0) is 22.5 Å². The topological polar surface area (TPSA) is 97.1 Å². The molecule has 0 unspecified atom stereocenters. The third-order valence-electron chi connectivity index (χ3n) is 7.16. The summed E-state index contributed by atoms with van der Waals surface area (Å²) in [5.41, 5.74) is 12.8. The maximum absolute atomic E-state index is 11.7. The molecule has 3 N–H and O–H groups in total. The van der Waals surface area contributed by atoms with Gasteiger partial charge in [-0.25, -0.2) is 0 Å². The van der Waals surface area contributed by atoms with Gasteiger partial charge in [0.15, 0.2) is 0 Å². The average Bonchev–Trinajstić information content (AvgIpc) is 3.28. The molecule has 0 spiro atoms. The van der Waals surface area contributed by atoms with Crippen molar-refractivity contribution in [1.82, 2.24) is 20.1 Å². The first-order valence-electron chi connectivity index (χ1n) is 12.7. The largest absolute Gasteiger partial charge is 0.373 e. The average molecular weight is 486 g/mol. The third-order valence-corrected chi connectivity index (χ3v) is 7.16. The number of aromatic amines is 1. The molecule has 0 bridgehead atoms. The van der Waals surface area contributed by atoms with E-state index >= 15 is 0 Å². The minimum absolute atomic E-state index is 0.185. The Hall–Kier alpha value is -3.29. The van der Waals surface area contributed by atoms with Crippen molar-refractivity contribution in [1.29, 1.82) is 0 Å². The molecule has 0 radical (unpaired) electrons. The van der Waals surface area contributed by atoms with E-state index in [1.165, 1.54) is 11.1 Å². The Bertz CT molecular complexity index is 1450. The summed E-state index contributed by atoms with van der Waals surface area (Å²) in [7, 11) is 0. The van der Waals surface area contributed by atoms with Crippen molar-refractivity contribution in [2.45, 2.75) is 59.1 Å². The van der Waals surface area contributed by atoms with Crippen LogP contribution in [0.1, 0.15) is 56.0 Å². The maximum atomic E-state index is 11.7. The number of pyridine rings is 1. The van der Waals surface area contributed by atoms with Crippen LogP contribution in [0.25, 0.3) is 32.9 Å². The third kappa shape index (κ3) is 4.61. The van der Waals surface area contributed by atoms with E-state index in [4.69, 9.17) is 15.5 Å². The van der Waals surface area contributed by atoms with E-state index in [1.54, 1.807) is 0 Å². The number of benzene rings is 2. The Kier molecular flexibility index (Phi) is 6.30. The zero-order valence-corrected chi connectivity index (χ0v) is 21.8. The summed E-state index contributed by atoms with van der Waals surface area (Å²) in [6.07, 6.45) is 2.11. The molecule has 2 aromatic carbocycles. The number of nitrogens with two attached hydrogens (primary N) is 1. The SMILES string of the molecule is Cc1nc(-c2c(C(C)C)ccc3[nH]ncc23)c2ccc(CC(N)=O)cc2c1CN1CCOC(C)(C)C1. The number of morpholine rings is 1. The van der Waals surface area contributed by atoms with E-state index in [9.17, 15) is 4.79 Å². The fourth-order valence-corrected chi connectivity index (χ4v) is 5.49. The fourth-order valence-electron chi connectivity index (χ4n) is 5.49. The molecule has 7 nitrogen and oxygen atoms in total. The van der Waals surface area contributed by atoms with E-state index in [1.807, 2.05) is 12.3 Å². The van der Waals surface area contributed by atoms with Crippen molar-refractivity contribution in [3.8, 4) is 11.3 Å². The summed E-state index contributed by atoms with van der Waals surface area (Å²) in [6.45, 7) is 14.0. The van der Waals surface area contributed by atoms with E-state index in [0.717, 1.165) is 63.8 Å². The number of amides is 1. The Labute approximate surface area is 212 Å². The molecule has 0 atom stereocenters. The van der Waals surface area contributed by atoms with Crippen molar-refractivity contribution >= 4 is 27.6 Å². The smallest absolute Gasteiger partial charge is 0.221 e. The van der Waals surface area contributed by atoms with Crippen molar-refractivity contribution in [2.75, 3.05) is 19.7 Å². The number of carbonyl (C=O) groups is 1. The van der Waals surface area contributed by atoms with Gasteiger partial charge in [-0.15, -0.1) is 0 Å². The van der Waals surface area contributed by atoms with Gasteiger partial charge < -0.3 is 10.5 Å². The van der Waals surface area contributed by atoms with E-state index < -0.39 is 0 Å². The second-order valence-electron chi connectivity index (χ2n) is 10.9. The summed E-state index contributed by atoms with van der Waals surface area (Å²) in [5.74, 6) is -0.0112. The number of hydrogen-bond acceptors (Lipinski definition) is 5. The van der Waals surface area contributed by atoms with Crippen molar-refractivity contribution in [2.24, 2.45) is 5.73 Å². The zero-order valence-electron chi connectivity index (χ0n) is 21.8. The lowest BCUT2D eigenvalue weighted by Crippen LogP contribution is -2.47. The molecular weight excluding hydrogens is 450 g/mol. The molecule has 2 aromatic heterocycles. The Morgan fingerprint density at radius 2 is 2.00 bits per heavy atom. The molecule has 4 aromatic rings. The molecule has 1 amide bonds. The molecule has 0 aliphatic carbocycles. The molecule has 188 valence electrons. The van der Waals surface area contributed by atoms with Gasteiger partial charge in [-0.05, 0) is 54.8 Å². The summed E-state index contributed by atoms with van der Waals surface area (Å²) in [5, 5.41) is 10.7. The minimum atomic E-state index is -0.331. The second kappa shape index (κ2) is 9.30. The molecule has 1 saturated heterocycles. The van der Waals surface area contributed by atoms with Gasteiger partial charge >= 0.3 is 0 Å². The maximum Gasteiger partial charge on any atom is 0.221 e. The van der Waals surface area contributed by atoms with Crippen LogP contribution < -0.4 is 5.73 Å². The lowest BCUT2D eigenvalue weighted by Gasteiger charge is -2.38. The lowest BCUT2D eigenvalue weighted by molar-refractivity contribution is -0.117. The fraction of sp³-hybridized carbons (Fsp3) is 0.414. The number of rotatable bonds is 6. The number of nitrogens with one attached hydrogen (secondary N) is 1. The number of ether oxygens (including phenoxy) is 1. The van der Waals surface area contributed by atoms with Gasteiger partial charge in [0.25, 0.3) is 0 Å². The van der Waals surface area contributed by atoms with Crippen molar-refractivity contribution in [3.05, 3.63) is 58.9 Å². The van der Waals surface area contributed by atoms with Gasteiger partial charge in [-0.1, -0.05) is 38.1 Å². The molecule has 5 rings (SSSR count). The molecule has 0 saturated carbocycles. The first kappa shape index (κ1) is 24.4. The second-order valence-corrected chi connectivity index (χ2v) is 10.9. The van der Waals surface area contributed by atoms with E-state index in [-0.39, 0.29) is 17.9 Å². The van der Waals surface area contributed by atoms with Crippen LogP contribution in [0.15, 0.2) is 36.5 Å². The number of H-pyrrole nitrogens is 1. The van der Waals surface area contributed by atoms with Gasteiger partial charge in [0, 0.05) is 41.7 Å². The van der Waals surface area contributed by atoms with Gasteiger partial charge in [0.05, 0.1) is 36.0 Å². The molecule has 1 aliphatic rings. The summed E-state index contributed by atoms with van der Waals surface area (Å²) in [4.78, 5) is 19.4. The summed E-state index contributed by atoms with van der Waals surface area (Å²) in [6, 6.07) is 10.5. The minimum Gasteiger partial charge on any atom is -0.373 e. The zero-order chi connectivity index (χ0) is 25.6. The highest BCUT2D eigenvalue weighted by molar-refractivity contribution is 6.05. The first-order chi connectivity index (χ1) is 17.1. The van der Waals surface area contributed by atoms with Gasteiger partial charge in [-0.2, -0.15) is 5.10 Å². The summed E-state index contributed by atoms with van der Waals surface area (Å²) >= 11 is 0. The number of aryl methyl sites for hydroxylation is 1. The number of nitrogens with zero attached hydrogens (tertiary/aromatic N) is 3. The predicted octanol–water partition coefficient (Wildman–Crippen LogP) is 4.85. The quantitative estimate of drug-likeness (QED) is 0.407. The Morgan fingerprint density at radius 3 is 2.72 bits per heavy atom. The van der Waals surface area contributed by atoms with E-state index in [2.05, 4.69) is 74.0 Å². The number of aromatic nitrogens is 3. The number of fused-ring (bicyclic) bond motifs is 2. The van der Waals surface area contributed by atoms with Gasteiger partial charge in [0.1, 0.15) is 0 Å². The van der Waals surface area contributed by atoms with Gasteiger partial charge in [0.2, 0.25) is 5.91 Å².